The molecule has 0 atom stereocenters. The summed E-state index contributed by atoms with van der Waals surface area (Å²) < 4.78 is 46.3. The molecule has 0 aromatic carbocycles. The van der Waals surface area contributed by atoms with Crippen LogP contribution in [0.2, 0.25) is 0 Å². The van der Waals surface area contributed by atoms with E-state index in [1.54, 1.807) is 29.5 Å². The van der Waals surface area contributed by atoms with Crippen LogP contribution in [0.4, 0.5) is 13.2 Å². The summed E-state index contributed by atoms with van der Waals surface area (Å²) in [6.07, 6.45) is -4.06. The number of hydrogen-bond donors (Lipinski definition) is 0. The van der Waals surface area contributed by atoms with Crippen LogP contribution in [0.5, 0.6) is 5.75 Å². The molecule has 0 aliphatic carbocycles. The predicted molar refractivity (Wildman–Crippen MR) is 73.5 cm³/mol. The van der Waals surface area contributed by atoms with Gasteiger partial charge in [0.15, 0.2) is 0 Å². The van der Waals surface area contributed by atoms with Gasteiger partial charge >= 0.3 is 12.3 Å². The van der Waals surface area contributed by atoms with Gasteiger partial charge in [-0.1, -0.05) is 0 Å². The zero-order chi connectivity index (χ0) is 15.3. The zero-order valence-electron chi connectivity index (χ0n) is 10.3. The first kappa shape index (κ1) is 17.3. The Morgan fingerprint density at radius 1 is 1.50 bits per heavy atom. The highest BCUT2D eigenvalue weighted by Gasteiger charge is 2.34. The molecule has 9 heteroatoms. The third-order valence-electron chi connectivity index (χ3n) is 2.14. The third-order valence-corrected chi connectivity index (χ3v) is 3.35. The van der Waals surface area contributed by atoms with Crippen LogP contribution in [0.25, 0.3) is 0 Å². The maximum atomic E-state index is 12.5. The Bertz CT molecular complexity index is 497. The lowest BCUT2D eigenvalue weighted by atomic mass is 10.1. The van der Waals surface area contributed by atoms with Crippen LogP contribution in [-0.4, -0.2) is 23.9 Å². The molecule has 0 radical (unpaired) electrons. The van der Waals surface area contributed by atoms with Crippen molar-refractivity contribution in [3.63, 3.8) is 0 Å². The minimum atomic E-state index is -4.88. The van der Waals surface area contributed by atoms with Gasteiger partial charge in [-0.05, 0) is 29.5 Å². The molecule has 0 saturated carbocycles. The number of hydrogen-bond acceptors (Lipinski definition) is 4. The van der Waals surface area contributed by atoms with E-state index in [0.29, 0.717) is 0 Å². The van der Waals surface area contributed by atoms with E-state index in [1.165, 1.54) is 6.20 Å². The molecule has 112 valence electrons. The van der Waals surface area contributed by atoms with Crippen molar-refractivity contribution in [3.05, 3.63) is 21.0 Å². The van der Waals surface area contributed by atoms with E-state index in [-0.39, 0.29) is 33.7 Å². The summed E-state index contributed by atoms with van der Waals surface area (Å²) in [5.41, 5.74) is 0.0724. The molecule has 0 saturated heterocycles. The van der Waals surface area contributed by atoms with Crippen LogP contribution < -0.4 is 4.74 Å². The minimum Gasteiger partial charge on any atom is -0.466 e. The number of ether oxygens (including phenoxy) is 2. The number of pyridine rings is 1. The van der Waals surface area contributed by atoms with Gasteiger partial charge in [-0.2, -0.15) is 0 Å². The Kier molecular flexibility index (Phi) is 6.31. The maximum absolute atomic E-state index is 12.5. The highest BCUT2D eigenvalue weighted by molar-refractivity contribution is 14.1. The van der Waals surface area contributed by atoms with E-state index < -0.39 is 18.1 Å². The molecule has 1 rings (SSSR count). The predicted octanol–water partition coefficient (Wildman–Crippen LogP) is 3.43. The van der Waals surface area contributed by atoms with Crippen molar-refractivity contribution in [2.75, 3.05) is 6.61 Å². The van der Waals surface area contributed by atoms with Gasteiger partial charge in [0.05, 0.1) is 18.9 Å². The molecule has 1 heterocycles. The maximum Gasteiger partial charge on any atom is 0.573 e. The molecule has 0 aliphatic rings. The molecule has 0 aliphatic heterocycles. The number of halogens is 5. The highest BCUT2D eigenvalue weighted by atomic mass is 127. The quantitative estimate of drug-likeness (QED) is 0.315. The number of esters is 1. The second-order valence-corrected chi connectivity index (χ2v) is 4.83. The van der Waals surface area contributed by atoms with Crippen LogP contribution in [0, 0.1) is 3.70 Å². The lowest BCUT2D eigenvalue weighted by Gasteiger charge is -2.16. The number of rotatable bonds is 5. The summed E-state index contributed by atoms with van der Waals surface area (Å²) in [4.78, 5) is 15.4. The molecule has 20 heavy (non-hydrogen) atoms. The SMILES string of the molecule is CCOC(=O)Cc1c(I)ncc(CCl)c1OC(F)(F)F. The second kappa shape index (κ2) is 7.30. The molecule has 0 unspecified atom stereocenters. The van der Waals surface area contributed by atoms with Gasteiger partial charge in [-0.25, -0.2) is 4.98 Å². The van der Waals surface area contributed by atoms with Crippen LogP contribution in [0.15, 0.2) is 6.20 Å². The largest absolute Gasteiger partial charge is 0.573 e. The first-order valence-electron chi connectivity index (χ1n) is 5.42. The zero-order valence-corrected chi connectivity index (χ0v) is 13.2. The topological polar surface area (TPSA) is 48.4 Å². The van der Waals surface area contributed by atoms with Gasteiger partial charge in [0.1, 0.15) is 9.45 Å². The number of carbonyl (C=O) groups excluding carboxylic acids is 1. The van der Waals surface area contributed by atoms with E-state index >= 15 is 0 Å². The van der Waals surface area contributed by atoms with Crippen molar-refractivity contribution >= 4 is 40.2 Å². The molecule has 1 aromatic heterocycles. The molecular weight excluding hydrogens is 413 g/mol. The summed E-state index contributed by atoms with van der Waals surface area (Å²) in [6.45, 7) is 1.73. The van der Waals surface area contributed by atoms with Gasteiger partial charge in [0.25, 0.3) is 0 Å². The van der Waals surface area contributed by atoms with E-state index in [4.69, 9.17) is 16.3 Å². The van der Waals surface area contributed by atoms with Gasteiger partial charge < -0.3 is 9.47 Å². The van der Waals surface area contributed by atoms with Crippen LogP contribution in [-0.2, 0) is 21.8 Å². The Morgan fingerprint density at radius 3 is 2.65 bits per heavy atom. The Morgan fingerprint density at radius 2 is 2.15 bits per heavy atom. The van der Waals surface area contributed by atoms with E-state index in [0.717, 1.165) is 0 Å². The monoisotopic (exact) mass is 423 g/mol. The molecule has 0 N–H and O–H groups in total. The summed E-state index contributed by atoms with van der Waals surface area (Å²) >= 11 is 7.30. The molecule has 0 amide bonds. The first-order valence-corrected chi connectivity index (χ1v) is 7.03. The van der Waals surface area contributed by atoms with Gasteiger partial charge in [0, 0.05) is 17.3 Å². The van der Waals surface area contributed by atoms with Crippen LogP contribution in [0.1, 0.15) is 18.1 Å². The number of nitrogens with zero attached hydrogens (tertiary/aromatic N) is 1. The minimum absolute atomic E-state index is 0.0134. The Labute approximate surface area is 131 Å². The van der Waals surface area contributed by atoms with Crippen molar-refractivity contribution in [1.82, 2.24) is 4.98 Å². The first-order chi connectivity index (χ1) is 9.28. The van der Waals surface area contributed by atoms with Crippen molar-refractivity contribution in [2.24, 2.45) is 0 Å². The molecular formula is C11H10ClF3INO3. The number of aromatic nitrogens is 1. The average Bonchev–Trinajstić information content (AvgIpc) is 2.32. The summed E-state index contributed by atoms with van der Waals surface area (Å²) in [5, 5.41) is 0. The van der Waals surface area contributed by atoms with Crippen LogP contribution in [0.3, 0.4) is 0 Å². The smallest absolute Gasteiger partial charge is 0.466 e. The fourth-order valence-electron chi connectivity index (χ4n) is 1.41. The molecule has 0 spiro atoms. The Hall–Kier alpha value is -0.770. The molecule has 0 bridgehead atoms. The summed E-state index contributed by atoms with van der Waals surface area (Å²) in [6, 6.07) is 0. The lowest BCUT2D eigenvalue weighted by molar-refractivity contribution is -0.275. The van der Waals surface area contributed by atoms with E-state index in [2.05, 4.69) is 9.72 Å². The summed E-state index contributed by atoms with van der Waals surface area (Å²) in [5.74, 6) is -1.36. The standard InChI is InChI=1S/C11H10ClF3INO3/c1-2-19-8(18)3-7-9(20-11(13,14)15)6(4-12)5-17-10(7)16/h5H,2-4H2,1H3. The van der Waals surface area contributed by atoms with E-state index in [1.807, 2.05) is 0 Å². The second-order valence-electron chi connectivity index (χ2n) is 3.55. The lowest BCUT2D eigenvalue weighted by Crippen LogP contribution is -2.21. The average molecular weight is 424 g/mol. The van der Waals surface area contributed by atoms with Gasteiger partial charge in [-0.3, -0.25) is 4.79 Å². The van der Waals surface area contributed by atoms with Crippen molar-refractivity contribution in [1.29, 1.82) is 0 Å². The highest BCUT2D eigenvalue weighted by Crippen LogP contribution is 2.33. The van der Waals surface area contributed by atoms with Gasteiger partial charge in [-0.15, -0.1) is 24.8 Å². The number of carbonyl (C=O) groups is 1. The van der Waals surface area contributed by atoms with Crippen LogP contribution >= 0.6 is 34.2 Å². The third kappa shape index (κ3) is 4.97. The van der Waals surface area contributed by atoms with Crippen molar-refractivity contribution in [3.8, 4) is 5.75 Å². The fourth-order valence-corrected chi connectivity index (χ4v) is 2.17. The molecule has 0 fully saturated rings. The molecule has 1 aromatic rings. The molecule has 4 nitrogen and oxygen atoms in total. The fraction of sp³-hybridized carbons (Fsp3) is 0.455. The normalized spacial score (nSPS) is 11.3. The van der Waals surface area contributed by atoms with Crippen molar-refractivity contribution in [2.45, 2.75) is 25.6 Å². The summed E-state index contributed by atoms with van der Waals surface area (Å²) in [7, 11) is 0. The Balaban J connectivity index is 3.21. The van der Waals surface area contributed by atoms with Crippen molar-refractivity contribution < 1.29 is 27.4 Å². The van der Waals surface area contributed by atoms with E-state index in [9.17, 15) is 18.0 Å². The van der Waals surface area contributed by atoms with Gasteiger partial charge in [0.2, 0.25) is 0 Å². The number of alkyl halides is 4.